The number of nitrogens with zero attached hydrogens (tertiary/aromatic N) is 2. The summed E-state index contributed by atoms with van der Waals surface area (Å²) in [5.74, 6) is 1.81. The number of hydrogen-bond acceptors (Lipinski definition) is 2. The smallest absolute Gasteiger partial charge is 0.136 e. The van der Waals surface area contributed by atoms with Crippen LogP contribution in [0, 0.1) is 5.92 Å². The van der Waals surface area contributed by atoms with Crippen molar-refractivity contribution >= 4 is 5.78 Å². The van der Waals surface area contributed by atoms with Gasteiger partial charge < -0.3 is 4.57 Å². The molecule has 1 aromatic heterocycles. The average molecular weight is 206 g/mol. The molecule has 0 radical (unpaired) electrons. The first-order valence-corrected chi connectivity index (χ1v) is 5.76. The Labute approximate surface area is 90.5 Å². The molecule has 0 bridgehead atoms. The van der Waals surface area contributed by atoms with Crippen molar-refractivity contribution in [1.29, 1.82) is 0 Å². The first-order valence-electron chi connectivity index (χ1n) is 5.76. The fourth-order valence-corrected chi connectivity index (χ4v) is 2.32. The number of ketones is 1. The van der Waals surface area contributed by atoms with Gasteiger partial charge in [0.15, 0.2) is 0 Å². The molecule has 15 heavy (non-hydrogen) atoms. The molecule has 0 saturated heterocycles. The minimum absolute atomic E-state index is 0.352. The summed E-state index contributed by atoms with van der Waals surface area (Å²) in [6, 6.07) is 0. The summed E-state index contributed by atoms with van der Waals surface area (Å²) in [6.45, 7) is 0. The third kappa shape index (κ3) is 2.46. The molecule has 1 aliphatic rings. The number of rotatable bonds is 4. The third-order valence-electron chi connectivity index (χ3n) is 3.33. The fourth-order valence-electron chi connectivity index (χ4n) is 2.32. The number of imidazole rings is 1. The van der Waals surface area contributed by atoms with Gasteiger partial charge in [-0.05, 0) is 12.8 Å². The van der Waals surface area contributed by atoms with Crippen LogP contribution in [-0.2, 0) is 18.3 Å². The van der Waals surface area contributed by atoms with Crippen molar-refractivity contribution < 1.29 is 4.79 Å². The Hall–Kier alpha value is -1.12. The molecule has 1 saturated carbocycles. The molecule has 0 atom stereocenters. The van der Waals surface area contributed by atoms with E-state index in [4.69, 9.17) is 0 Å². The summed E-state index contributed by atoms with van der Waals surface area (Å²) >= 11 is 0. The number of hydrogen-bond donors (Lipinski definition) is 0. The Balaban J connectivity index is 1.83. The Morgan fingerprint density at radius 3 is 2.87 bits per heavy atom. The van der Waals surface area contributed by atoms with Crippen molar-refractivity contribution in [1.82, 2.24) is 9.55 Å². The zero-order chi connectivity index (χ0) is 10.7. The summed E-state index contributed by atoms with van der Waals surface area (Å²) in [5, 5.41) is 0. The zero-order valence-corrected chi connectivity index (χ0v) is 9.28. The molecule has 0 unspecified atom stereocenters. The number of aromatic nitrogens is 2. The molecular weight excluding hydrogens is 188 g/mol. The monoisotopic (exact) mass is 206 g/mol. The molecule has 1 heterocycles. The second-order valence-electron chi connectivity index (χ2n) is 4.40. The van der Waals surface area contributed by atoms with Gasteiger partial charge >= 0.3 is 0 Å². The maximum Gasteiger partial charge on any atom is 0.136 e. The highest BCUT2D eigenvalue weighted by molar-refractivity contribution is 5.81. The predicted molar refractivity (Wildman–Crippen MR) is 58.5 cm³/mol. The van der Waals surface area contributed by atoms with Gasteiger partial charge in [0.1, 0.15) is 11.6 Å². The van der Waals surface area contributed by atoms with Crippen LogP contribution in [0.15, 0.2) is 12.4 Å². The quantitative estimate of drug-likeness (QED) is 0.756. The first-order chi connectivity index (χ1) is 7.27. The minimum Gasteiger partial charge on any atom is -0.338 e. The molecule has 1 fully saturated rings. The highest BCUT2D eigenvalue weighted by Crippen LogP contribution is 2.26. The molecule has 82 valence electrons. The zero-order valence-electron chi connectivity index (χ0n) is 9.28. The summed E-state index contributed by atoms with van der Waals surface area (Å²) in [7, 11) is 1.97. The number of Topliss-reactive ketones (excluding diaryl/α,β-unsaturated/α-hetero) is 1. The molecular formula is C12H18N2O. The highest BCUT2D eigenvalue weighted by Gasteiger charge is 2.22. The van der Waals surface area contributed by atoms with E-state index < -0.39 is 0 Å². The van der Waals surface area contributed by atoms with Crippen molar-refractivity contribution in [2.24, 2.45) is 13.0 Å². The standard InChI is InChI=1S/C12H18N2O/c1-14-9-8-13-12(14)7-6-11(15)10-4-2-3-5-10/h8-10H,2-7H2,1H3. The minimum atomic E-state index is 0.352. The van der Waals surface area contributed by atoms with Crippen molar-refractivity contribution in [2.45, 2.75) is 38.5 Å². The Bertz CT molecular complexity index is 337. The molecule has 0 aromatic carbocycles. The Morgan fingerprint density at radius 1 is 1.53 bits per heavy atom. The van der Waals surface area contributed by atoms with Gasteiger partial charge in [0.2, 0.25) is 0 Å². The van der Waals surface area contributed by atoms with Crippen LogP contribution >= 0.6 is 0 Å². The fraction of sp³-hybridized carbons (Fsp3) is 0.667. The van der Waals surface area contributed by atoms with E-state index in [-0.39, 0.29) is 0 Å². The molecule has 3 heteroatoms. The molecule has 0 aliphatic heterocycles. The van der Waals surface area contributed by atoms with Gasteiger partial charge in [-0.1, -0.05) is 12.8 Å². The van der Waals surface area contributed by atoms with Crippen molar-refractivity contribution in [3.8, 4) is 0 Å². The predicted octanol–water partition coefficient (Wildman–Crippen LogP) is 2.11. The normalized spacial score (nSPS) is 17.1. The van der Waals surface area contributed by atoms with Crippen LogP contribution in [0.1, 0.15) is 37.9 Å². The Kier molecular flexibility index (Phi) is 3.19. The van der Waals surface area contributed by atoms with E-state index in [1.54, 1.807) is 6.20 Å². The van der Waals surface area contributed by atoms with Gasteiger partial charge in [0.05, 0.1) is 0 Å². The van der Waals surface area contributed by atoms with Gasteiger partial charge in [-0.3, -0.25) is 4.79 Å². The molecule has 2 rings (SSSR count). The van der Waals surface area contributed by atoms with E-state index in [1.807, 2.05) is 17.8 Å². The molecule has 0 amide bonds. The van der Waals surface area contributed by atoms with Crippen molar-refractivity contribution in [3.63, 3.8) is 0 Å². The highest BCUT2D eigenvalue weighted by atomic mass is 16.1. The maximum absolute atomic E-state index is 11.8. The summed E-state index contributed by atoms with van der Waals surface area (Å²) in [5.41, 5.74) is 0. The molecule has 0 spiro atoms. The van der Waals surface area contributed by atoms with Gasteiger partial charge in [-0.2, -0.15) is 0 Å². The lowest BCUT2D eigenvalue weighted by molar-refractivity contribution is -0.122. The van der Waals surface area contributed by atoms with Crippen molar-refractivity contribution in [2.75, 3.05) is 0 Å². The lowest BCUT2D eigenvalue weighted by Crippen LogP contribution is -2.12. The van der Waals surface area contributed by atoms with E-state index in [2.05, 4.69) is 4.98 Å². The van der Waals surface area contributed by atoms with Gasteiger partial charge in [0.25, 0.3) is 0 Å². The molecule has 3 nitrogen and oxygen atoms in total. The summed E-state index contributed by atoms with van der Waals surface area (Å²) < 4.78 is 1.99. The first kappa shape index (κ1) is 10.4. The Morgan fingerprint density at radius 2 is 2.27 bits per heavy atom. The largest absolute Gasteiger partial charge is 0.338 e. The van der Waals surface area contributed by atoms with E-state index in [9.17, 15) is 4.79 Å². The average Bonchev–Trinajstić information content (AvgIpc) is 2.85. The van der Waals surface area contributed by atoms with Crippen LogP contribution in [0.25, 0.3) is 0 Å². The maximum atomic E-state index is 11.8. The van der Waals surface area contributed by atoms with E-state index in [1.165, 1.54) is 12.8 Å². The summed E-state index contributed by atoms with van der Waals surface area (Å²) in [4.78, 5) is 16.0. The second kappa shape index (κ2) is 4.60. The van der Waals surface area contributed by atoms with E-state index in [0.717, 1.165) is 25.1 Å². The third-order valence-corrected chi connectivity index (χ3v) is 3.33. The molecule has 0 N–H and O–H groups in total. The lowest BCUT2D eigenvalue weighted by atomic mass is 9.99. The van der Waals surface area contributed by atoms with E-state index >= 15 is 0 Å². The van der Waals surface area contributed by atoms with Gasteiger partial charge in [-0.15, -0.1) is 0 Å². The molecule has 1 aliphatic carbocycles. The number of carbonyl (C=O) groups is 1. The van der Waals surface area contributed by atoms with Crippen LogP contribution in [0.5, 0.6) is 0 Å². The van der Waals surface area contributed by atoms with Gasteiger partial charge in [0, 0.05) is 38.2 Å². The van der Waals surface area contributed by atoms with Gasteiger partial charge in [-0.25, -0.2) is 4.98 Å². The van der Waals surface area contributed by atoms with Crippen LogP contribution in [0.2, 0.25) is 0 Å². The SMILES string of the molecule is Cn1ccnc1CCC(=O)C1CCCC1. The van der Waals surface area contributed by atoms with Crippen LogP contribution in [0.3, 0.4) is 0 Å². The lowest BCUT2D eigenvalue weighted by Gasteiger charge is -2.07. The summed E-state index contributed by atoms with van der Waals surface area (Å²) in [6.07, 6.45) is 9.86. The van der Waals surface area contributed by atoms with Crippen molar-refractivity contribution in [3.05, 3.63) is 18.2 Å². The second-order valence-corrected chi connectivity index (χ2v) is 4.40. The number of carbonyl (C=O) groups excluding carboxylic acids is 1. The molecule has 1 aromatic rings. The van der Waals surface area contributed by atoms with Crippen LogP contribution in [-0.4, -0.2) is 15.3 Å². The van der Waals surface area contributed by atoms with E-state index in [0.29, 0.717) is 18.1 Å². The number of aryl methyl sites for hydroxylation is 2. The van der Waals surface area contributed by atoms with Crippen LogP contribution < -0.4 is 0 Å². The van der Waals surface area contributed by atoms with Crippen LogP contribution in [0.4, 0.5) is 0 Å². The topological polar surface area (TPSA) is 34.9 Å².